The van der Waals surface area contributed by atoms with Crippen molar-refractivity contribution in [3.63, 3.8) is 0 Å². The second-order valence-electron chi connectivity index (χ2n) is 4.62. The van der Waals surface area contributed by atoms with E-state index in [1.54, 1.807) is 6.92 Å². The minimum Gasteiger partial charge on any atom is -0.466 e. The third kappa shape index (κ3) is 2.31. The normalized spacial score (nSPS) is 31.4. The number of rotatable bonds is 1. The molecule has 0 saturated carbocycles. The molecule has 6 heteroatoms. The Morgan fingerprint density at radius 2 is 2.18 bits per heavy atom. The SMILES string of the molecule is COC(=O)C1=C2CCC(C1)CC(C)S(=O)(=O)O2. The maximum Gasteiger partial charge on any atom is 0.337 e. The number of allylic oxidation sites excluding steroid dienone is 1. The van der Waals surface area contributed by atoms with Crippen LogP contribution < -0.4 is 0 Å². The molecule has 3 aliphatic rings. The third-order valence-corrected chi connectivity index (χ3v) is 5.03. The van der Waals surface area contributed by atoms with Crippen LogP contribution in [-0.2, 0) is 23.8 Å². The van der Waals surface area contributed by atoms with Gasteiger partial charge < -0.3 is 8.92 Å². The molecule has 2 bridgehead atoms. The summed E-state index contributed by atoms with van der Waals surface area (Å²) in [5.41, 5.74) is 0.388. The summed E-state index contributed by atoms with van der Waals surface area (Å²) in [6, 6.07) is 0. The van der Waals surface area contributed by atoms with E-state index in [-0.39, 0.29) is 11.7 Å². The monoisotopic (exact) mass is 260 g/mol. The quantitative estimate of drug-likeness (QED) is 0.526. The Morgan fingerprint density at radius 3 is 2.82 bits per heavy atom. The molecule has 0 aromatic carbocycles. The van der Waals surface area contributed by atoms with Gasteiger partial charge in [-0.25, -0.2) is 4.79 Å². The molecule has 0 N–H and O–H groups in total. The summed E-state index contributed by atoms with van der Waals surface area (Å²) in [7, 11) is -2.30. The highest BCUT2D eigenvalue weighted by Crippen LogP contribution is 2.38. The van der Waals surface area contributed by atoms with Crippen LogP contribution in [0.2, 0.25) is 0 Å². The van der Waals surface area contributed by atoms with E-state index in [9.17, 15) is 13.2 Å². The predicted molar refractivity (Wildman–Crippen MR) is 60.5 cm³/mol. The smallest absolute Gasteiger partial charge is 0.337 e. The van der Waals surface area contributed by atoms with E-state index in [2.05, 4.69) is 4.74 Å². The number of ether oxygens (including phenoxy) is 1. The molecule has 17 heavy (non-hydrogen) atoms. The first kappa shape index (κ1) is 12.4. The van der Waals surface area contributed by atoms with Gasteiger partial charge in [0.2, 0.25) is 0 Å². The first-order valence-electron chi connectivity index (χ1n) is 5.67. The summed E-state index contributed by atoms with van der Waals surface area (Å²) < 4.78 is 33.3. The fourth-order valence-corrected chi connectivity index (χ4v) is 3.55. The van der Waals surface area contributed by atoms with Crippen molar-refractivity contribution in [1.29, 1.82) is 0 Å². The molecule has 0 amide bonds. The highest BCUT2D eigenvalue weighted by Gasteiger charge is 2.37. The van der Waals surface area contributed by atoms with Crippen LogP contribution in [0, 0.1) is 5.92 Å². The average molecular weight is 260 g/mol. The van der Waals surface area contributed by atoms with Crippen molar-refractivity contribution in [3.8, 4) is 0 Å². The van der Waals surface area contributed by atoms with Gasteiger partial charge in [-0.2, -0.15) is 8.42 Å². The number of hydrogen-bond donors (Lipinski definition) is 0. The highest BCUT2D eigenvalue weighted by molar-refractivity contribution is 7.87. The number of esters is 1. The summed E-state index contributed by atoms with van der Waals surface area (Å²) in [6.07, 6.45) is 2.47. The lowest BCUT2D eigenvalue weighted by atomic mass is 9.84. The number of methoxy groups -OCH3 is 1. The Labute approximate surface area is 101 Å². The predicted octanol–water partition coefficient (Wildman–Crippen LogP) is 1.35. The summed E-state index contributed by atoms with van der Waals surface area (Å²) in [5, 5.41) is -0.512. The summed E-state index contributed by atoms with van der Waals surface area (Å²) in [4.78, 5) is 11.6. The second kappa shape index (κ2) is 4.33. The van der Waals surface area contributed by atoms with Gasteiger partial charge in [0.15, 0.2) is 0 Å². The molecule has 96 valence electrons. The minimum absolute atomic E-state index is 0.224. The van der Waals surface area contributed by atoms with E-state index in [0.717, 1.165) is 6.42 Å². The molecule has 0 spiro atoms. The molecule has 3 rings (SSSR count). The van der Waals surface area contributed by atoms with Crippen molar-refractivity contribution in [2.45, 2.75) is 37.9 Å². The van der Waals surface area contributed by atoms with E-state index in [1.807, 2.05) is 0 Å². The topological polar surface area (TPSA) is 69.7 Å². The Kier molecular flexibility index (Phi) is 3.16. The molecule has 0 radical (unpaired) electrons. The van der Waals surface area contributed by atoms with Crippen molar-refractivity contribution in [1.82, 2.24) is 0 Å². The first-order valence-corrected chi connectivity index (χ1v) is 7.15. The fourth-order valence-electron chi connectivity index (χ4n) is 2.41. The van der Waals surface area contributed by atoms with Crippen LogP contribution in [0.1, 0.15) is 32.6 Å². The molecule has 2 heterocycles. The molecular weight excluding hydrogens is 244 g/mol. The molecule has 1 saturated heterocycles. The van der Waals surface area contributed by atoms with E-state index in [1.165, 1.54) is 7.11 Å². The lowest BCUT2D eigenvalue weighted by Gasteiger charge is -2.31. The van der Waals surface area contributed by atoms with Crippen molar-refractivity contribution in [2.24, 2.45) is 5.92 Å². The van der Waals surface area contributed by atoms with Crippen LogP contribution in [0.15, 0.2) is 11.3 Å². The maximum absolute atomic E-state index is 11.8. The van der Waals surface area contributed by atoms with Gasteiger partial charge in [0.05, 0.1) is 17.9 Å². The van der Waals surface area contributed by atoms with Gasteiger partial charge in [0.1, 0.15) is 5.76 Å². The number of carbonyl (C=O) groups is 1. The van der Waals surface area contributed by atoms with Gasteiger partial charge in [0.25, 0.3) is 0 Å². The molecule has 0 aromatic rings. The summed E-state index contributed by atoms with van der Waals surface area (Å²) >= 11 is 0. The second-order valence-corrected chi connectivity index (χ2v) is 6.58. The van der Waals surface area contributed by atoms with Gasteiger partial charge in [-0.05, 0) is 32.1 Å². The van der Waals surface area contributed by atoms with Crippen molar-refractivity contribution in [3.05, 3.63) is 11.3 Å². The van der Waals surface area contributed by atoms with Gasteiger partial charge in [0, 0.05) is 6.42 Å². The molecule has 2 unspecified atom stereocenters. The number of hydrogen-bond acceptors (Lipinski definition) is 5. The van der Waals surface area contributed by atoms with Crippen LogP contribution in [0.4, 0.5) is 0 Å². The molecule has 1 aliphatic carbocycles. The van der Waals surface area contributed by atoms with E-state index in [0.29, 0.717) is 24.8 Å². The minimum atomic E-state index is -3.59. The number of fused-ring (bicyclic) bond motifs is 5. The molecule has 5 nitrogen and oxygen atoms in total. The zero-order valence-corrected chi connectivity index (χ0v) is 10.7. The van der Waals surface area contributed by atoms with E-state index in [4.69, 9.17) is 4.18 Å². The van der Waals surface area contributed by atoms with Gasteiger partial charge in [-0.15, -0.1) is 0 Å². The van der Waals surface area contributed by atoms with Crippen LogP contribution in [0.25, 0.3) is 0 Å². The average Bonchev–Trinajstić information content (AvgIpc) is 2.28. The molecular formula is C11H16O5S. The van der Waals surface area contributed by atoms with Crippen LogP contribution >= 0.6 is 0 Å². The highest BCUT2D eigenvalue weighted by atomic mass is 32.2. The third-order valence-electron chi connectivity index (χ3n) is 3.42. The first-order chi connectivity index (χ1) is 7.94. The van der Waals surface area contributed by atoms with E-state index >= 15 is 0 Å². The summed E-state index contributed by atoms with van der Waals surface area (Å²) in [6.45, 7) is 1.65. The van der Waals surface area contributed by atoms with Crippen LogP contribution in [-0.4, -0.2) is 26.7 Å². The molecule has 0 aromatic heterocycles. The van der Waals surface area contributed by atoms with E-state index < -0.39 is 21.3 Å². The largest absolute Gasteiger partial charge is 0.466 e. The van der Waals surface area contributed by atoms with Gasteiger partial charge in [-0.1, -0.05) is 0 Å². The molecule has 1 fully saturated rings. The molecule has 2 aliphatic heterocycles. The lowest BCUT2D eigenvalue weighted by molar-refractivity contribution is -0.136. The lowest BCUT2D eigenvalue weighted by Crippen LogP contribution is -2.31. The van der Waals surface area contributed by atoms with Gasteiger partial charge >= 0.3 is 16.1 Å². The Morgan fingerprint density at radius 1 is 1.47 bits per heavy atom. The standard InChI is InChI=1S/C11H16O5S/c1-7-5-8-3-4-10(16-17(7,13)14)9(6-8)11(12)15-2/h7-8H,3-6H2,1-2H3. The Hall–Kier alpha value is -1.04. The maximum atomic E-state index is 11.8. The van der Waals surface area contributed by atoms with Crippen molar-refractivity contribution >= 4 is 16.1 Å². The van der Waals surface area contributed by atoms with Crippen molar-refractivity contribution in [2.75, 3.05) is 7.11 Å². The van der Waals surface area contributed by atoms with Crippen LogP contribution in [0.3, 0.4) is 0 Å². The fraction of sp³-hybridized carbons (Fsp3) is 0.727. The Balaban J connectivity index is 2.41. The van der Waals surface area contributed by atoms with Crippen molar-refractivity contribution < 1.29 is 22.1 Å². The summed E-state index contributed by atoms with van der Waals surface area (Å²) in [5.74, 6) is 0.0237. The molecule has 2 atom stereocenters. The van der Waals surface area contributed by atoms with Crippen LogP contribution in [0.5, 0.6) is 0 Å². The number of carbonyl (C=O) groups excluding carboxylic acids is 1. The zero-order chi connectivity index (χ0) is 12.6. The Bertz CT molecular complexity index is 462. The zero-order valence-electron chi connectivity index (χ0n) is 9.93. The van der Waals surface area contributed by atoms with Gasteiger partial charge in [-0.3, -0.25) is 0 Å².